The van der Waals surface area contributed by atoms with E-state index in [1.165, 1.54) is 36.4 Å². The minimum absolute atomic E-state index is 0.000256. The average Bonchev–Trinajstić information content (AvgIpc) is 3.03. The maximum Gasteiger partial charge on any atom is 0.163 e. The molecular formula is C32H44N4O9. The van der Waals surface area contributed by atoms with Gasteiger partial charge in [0.1, 0.15) is 12.4 Å². The van der Waals surface area contributed by atoms with Crippen LogP contribution in [0.2, 0.25) is 0 Å². The number of aromatic hydroxyl groups is 1. The molecule has 0 aromatic heterocycles. The van der Waals surface area contributed by atoms with Crippen LogP contribution in [0.4, 0.5) is 0 Å². The number of allylic oxidation sites excluding steroid dienone is 2. The molecule has 0 unspecified atom stereocenters. The Balaban J connectivity index is 1.72. The van der Waals surface area contributed by atoms with Crippen molar-refractivity contribution in [3.63, 3.8) is 0 Å². The molecule has 0 aliphatic heterocycles. The van der Waals surface area contributed by atoms with E-state index in [4.69, 9.17) is 40.7 Å². The minimum Gasteiger partial charge on any atom is -0.508 e. The average molecular weight is 629 g/mol. The lowest BCUT2D eigenvalue weighted by molar-refractivity contribution is -0.121. The number of hydrazine groups is 1. The number of methoxy groups -OCH3 is 1. The molecule has 2 aromatic carbocycles. The summed E-state index contributed by atoms with van der Waals surface area (Å²) in [5, 5.41) is 28.5. The zero-order chi connectivity index (χ0) is 32.9. The highest BCUT2D eigenvalue weighted by atomic mass is 16.5. The second kappa shape index (κ2) is 21.7. The van der Waals surface area contributed by atoms with Crippen LogP contribution in [0.25, 0.3) is 12.2 Å². The summed E-state index contributed by atoms with van der Waals surface area (Å²) in [7, 11) is 1.48. The number of nitrogens with two attached hydrogens (primary N) is 2. The number of phenols is 1. The Morgan fingerprint density at radius 1 is 0.889 bits per heavy atom. The van der Waals surface area contributed by atoms with E-state index in [9.17, 15) is 19.8 Å². The van der Waals surface area contributed by atoms with E-state index in [1.54, 1.807) is 36.4 Å². The van der Waals surface area contributed by atoms with Gasteiger partial charge in [-0.3, -0.25) is 15.4 Å². The smallest absolute Gasteiger partial charge is 0.163 e. The summed E-state index contributed by atoms with van der Waals surface area (Å²) < 4.78 is 27.2. The molecule has 0 spiro atoms. The van der Waals surface area contributed by atoms with E-state index < -0.39 is 0 Å². The number of aliphatic hydroxyl groups is 1. The number of nitrogens with zero attached hydrogens (tertiary/aromatic N) is 1. The minimum atomic E-state index is -0.388. The number of benzene rings is 2. The van der Waals surface area contributed by atoms with Crippen LogP contribution in [-0.4, -0.2) is 105 Å². The number of aliphatic hydroxyl groups excluding tert-OH is 1. The van der Waals surface area contributed by atoms with E-state index in [-0.39, 0.29) is 49.2 Å². The van der Waals surface area contributed by atoms with Crippen molar-refractivity contribution in [2.45, 2.75) is 13.0 Å². The standard InChI is InChI=1S/C32H44N4O9/c1-41-32-19-25(3-7-29(39)20-28(38)6-2-24-4-8-30(40)26(18-24)22-37)5-9-31(32)45-23-27(34)21-36(35)11-13-43-15-17-44-16-14-42-12-10-33/h2-9,18-19,34,37,40H,10-17,20-23,33,35H2,1H3. The summed E-state index contributed by atoms with van der Waals surface area (Å²) in [6, 6.07) is 9.64. The summed E-state index contributed by atoms with van der Waals surface area (Å²) in [4.78, 5) is 24.5. The van der Waals surface area contributed by atoms with Crippen molar-refractivity contribution >= 4 is 29.4 Å². The summed E-state index contributed by atoms with van der Waals surface area (Å²) in [5.74, 6) is 6.01. The molecule has 0 amide bonds. The van der Waals surface area contributed by atoms with Gasteiger partial charge >= 0.3 is 0 Å². The van der Waals surface area contributed by atoms with Crippen molar-refractivity contribution < 1.29 is 43.5 Å². The first-order valence-corrected chi connectivity index (χ1v) is 14.4. The highest BCUT2D eigenvalue weighted by Gasteiger charge is 2.10. The van der Waals surface area contributed by atoms with Crippen LogP contribution in [0.1, 0.15) is 23.1 Å². The van der Waals surface area contributed by atoms with E-state index in [0.717, 1.165) is 0 Å². The Hall–Kier alpha value is -3.95. The SMILES string of the molecule is COc1cc(C=CC(=O)CC(=O)C=Cc2ccc(O)c(CO)c2)ccc1OCC(=N)CN(N)CCOCCOCCOCCN. The molecule has 0 aliphatic rings. The van der Waals surface area contributed by atoms with Gasteiger partial charge in [-0.1, -0.05) is 24.3 Å². The zero-order valence-corrected chi connectivity index (χ0v) is 25.6. The first-order valence-electron chi connectivity index (χ1n) is 14.4. The number of carbonyl (C=O) groups is 2. The van der Waals surface area contributed by atoms with E-state index in [1.807, 2.05) is 0 Å². The number of carbonyl (C=O) groups excluding carboxylic acids is 2. The van der Waals surface area contributed by atoms with Gasteiger partial charge in [-0.2, -0.15) is 0 Å². The second-order valence-corrected chi connectivity index (χ2v) is 9.72. The lowest BCUT2D eigenvalue weighted by atomic mass is 10.1. The molecule has 0 radical (unpaired) electrons. The first kappa shape index (κ1) is 37.2. The van der Waals surface area contributed by atoms with Gasteiger partial charge in [0, 0.05) is 18.7 Å². The van der Waals surface area contributed by atoms with Crippen molar-refractivity contribution in [2.75, 3.05) is 73.0 Å². The molecule has 246 valence electrons. The Morgan fingerprint density at radius 3 is 2.11 bits per heavy atom. The Bertz CT molecular complexity index is 1280. The highest BCUT2D eigenvalue weighted by Crippen LogP contribution is 2.28. The van der Waals surface area contributed by atoms with Crippen LogP contribution >= 0.6 is 0 Å². The second-order valence-electron chi connectivity index (χ2n) is 9.72. The van der Waals surface area contributed by atoms with Gasteiger partial charge in [-0.15, -0.1) is 0 Å². The summed E-state index contributed by atoms with van der Waals surface area (Å²) in [6.45, 7) is 3.52. The number of hydrogen-bond acceptors (Lipinski definition) is 13. The van der Waals surface area contributed by atoms with Gasteiger partial charge in [-0.05, 0) is 47.5 Å². The molecule has 0 atom stereocenters. The van der Waals surface area contributed by atoms with Gasteiger partial charge in [0.2, 0.25) is 0 Å². The largest absolute Gasteiger partial charge is 0.508 e. The Morgan fingerprint density at radius 2 is 1.49 bits per heavy atom. The Labute approximate surface area is 263 Å². The number of ketones is 2. The zero-order valence-electron chi connectivity index (χ0n) is 25.6. The van der Waals surface area contributed by atoms with E-state index in [0.29, 0.717) is 80.9 Å². The lowest BCUT2D eigenvalue weighted by Crippen LogP contribution is -2.39. The fourth-order valence-electron chi connectivity index (χ4n) is 3.75. The van der Waals surface area contributed by atoms with Crippen molar-refractivity contribution in [1.29, 1.82) is 5.41 Å². The predicted molar refractivity (Wildman–Crippen MR) is 170 cm³/mol. The summed E-state index contributed by atoms with van der Waals surface area (Å²) >= 11 is 0. The molecule has 7 N–H and O–H groups in total. The van der Waals surface area contributed by atoms with Crippen LogP contribution < -0.4 is 21.1 Å². The van der Waals surface area contributed by atoms with E-state index in [2.05, 4.69) is 0 Å². The lowest BCUT2D eigenvalue weighted by Gasteiger charge is -2.17. The number of hydrogen-bond donors (Lipinski definition) is 5. The monoisotopic (exact) mass is 628 g/mol. The van der Waals surface area contributed by atoms with Crippen LogP contribution in [0.3, 0.4) is 0 Å². The molecule has 0 aliphatic carbocycles. The number of rotatable bonds is 24. The normalized spacial score (nSPS) is 11.5. The molecule has 2 rings (SSSR count). The fraction of sp³-hybridized carbons (Fsp3) is 0.406. The van der Waals surface area contributed by atoms with E-state index >= 15 is 0 Å². The van der Waals surface area contributed by atoms with Crippen LogP contribution in [0.15, 0.2) is 48.6 Å². The maximum absolute atomic E-state index is 12.3. The topological polar surface area (TPSA) is 200 Å². The van der Waals surface area contributed by atoms with Crippen LogP contribution in [0.5, 0.6) is 17.2 Å². The summed E-state index contributed by atoms with van der Waals surface area (Å²) in [5.41, 5.74) is 7.21. The molecule has 0 saturated carbocycles. The van der Waals surface area contributed by atoms with Gasteiger partial charge < -0.3 is 45.0 Å². The summed E-state index contributed by atoms with van der Waals surface area (Å²) in [6.07, 6.45) is 5.37. The molecule has 0 saturated heterocycles. The van der Waals surface area contributed by atoms with Crippen molar-refractivity contribution in [2.24, 2.45) is 11.6 Å². The van der Waals surface area contributed by atoms with Gasteiger partial charge in [-0.25, -0.2) is 5.01 Å². The fourth-order valence-corrected chi connectivity index (χ4v) is 3.75. The van der Waals surface area contributed by atoms with Gasteiger partial charge in [0.25, 0.3) is 0 Å². The molecule has 45 heavy (non-hydrogen) atoms. The maximum atomic E-state index is 12.3. The molecule has 2 aromatic rings. The van der Waals surface area contributed by atoms with Crippen molar-refractivity contribution in [1.82, 2.24) is 5.01 Å². The van der Waals surface area contributed by atoms with Crippen molar-refractivity contribution in [3.05, 3.63) is 65.2 Å². The third-order valence-electron chi connectivity index (χ3n) is 6.06. The van der Waals surface area contributed by atoms with Crippen LogP contribution in [-0.2, 0) is 30.4 Å². The number of nitrogens with one attached hydrogen (secondary N) is 1. The third kappa shape index (κ3) is 15.6. The molecule has 13 heteroatoms. The number of ether oxygens (including phenoxy) is 5. The predicted octanol–water partition coefficient (Wildman–Crippen LogP) is 1.73. The molecule has 0 heterocycles. The van der Waals surface area contributed by atoms with Gasteiger partial charge in [0.05, 0.1) is 72.0 Å². The molecule has 0 bridgehead atoms. The molecular weight excluding hydrogens is 584 g/mol. The quantitative estimate of drug-likeness (QED) is 0.0282. The van der Waals surface area contributed by atoms with Crippen molar-refractivity contribution in [3.8, 4) is 17.2 Å². The third-order valence-corrected chi connectivity index (χ3v) is 6.06. The van der Waals surface area contributed by atoms with Crippen LogP contribution in [0, 0.1) is 5.41 Å². The van der Waals surface area contributed by atoms with Gasteiger partial charge in [0.15, 0.2) is 23.1 Å². The molecule has 0 fully saturated rings. The first-order chi connectivity index (χ1) is 21.7. The highest BCUT2D eigenvalue weighted by molar-refractivity contribution is 6.10. The Kier molecular flexibility index (Phi) is 18.0. The molecule has 13 nitrogen and oxygen atoms in total.